The fourth-order valence-corrected chi connectivity index (χ4v) is 2.17. The van der Waals surface area contributed by atoms with Crippen LogP contribution in [0.3, 0.4) is 0 Å². The van der Waals surface area contributed by atoms with Gasteiger partial charge in [0.2, 0.25) is 0 Å². The van der Waals surface area contributed by atoms with E-state index in [4.69, 9.17) is 16.3 Å². The Bertz CT molecular complexity index is 397. The maximum atomic E-state index is 13.5. The molecule has 0 aliphatic heterocycles. The topological polar surface area (TPSA) is 38.3 Å². The highest BCUT2D eigenvalue weighted by molar-refractivity contribution is 9.10. The second-order valence-corrected chi connectivity index (χ2v) is 5.17. The van der Waals surface area contributed by atoms with Crippen LogP contribution in [0.15, 0.2) is 22.7 Å². The van der Waals surface area contributed by atoms with Crippen molar-refractivity contribution in [1.29, 1.82) is 0 Å². The number of benzene rings is 1. The van der Waals surface area contributed by atoms with Gasteiger partial charge in [-0.3, -0.25) is 4.79 Å². The molecule has 0 spiro atoms. The summed E-state index contributed by atoms with van der Waals surface area (Å²) in [6.07, 6.45) is 0.563. The summed E-state index contributed by atoms with van der Waals surface area (Å²) in [5.74, 6) is -1.01. The molecule has 0 saturated carbocycles. The van der Waals surface area contributed by atoms with Gasteiger partial charge in [0, 0.05) is 18.1 Å². The number of methoxy groups -OCH3 is 1. The lowest BCUT2D eigenvalue weighted by Crippen LogP contribution is -2.28. The summed E-state index contributed by atoms with van der Waals surface area (Å²) in [5, 5.41) is 2.45. The van der Waals surface area contributed by atoms with Gasteiger partial charge in [-0.25, -0.2) is 4.39 Å². The van der Waals surface area contributed by atoms with E-state index in [-0.39, 0.29) is 10.9 Å². The highest BCUT2D eigenvalue weighted by Gasteiger charge is 2.15. The van der Waals surface area contributed by atoms with Gasteiger partial charge in [-0.2, -0.15) is 0 Å². The zero-order chi connectivity index (χ0) is 13.5. The third-order valence-corrected chi connectivity index (χ3v) is 3.29. The minimum Gasteiger partial charge on any atom is -0.383 e. The Kier molecular flexibility index (Phi) is 6.60. The summed E-state index contributed by atoms with van der Waals surface area (Å²) in [6.45, 7) is 0.790. The van der Waals surface area contributed by atoms with E-state index in [2.05, 4.69) is 21.2 Å². The summed E-state index contributed by atoms with van der Waals surface area (Å²) in [7, 11) is 1.56. The number of amides is 1. The lowest BCUT2D eigenvalue weighted by molar-refractivity contribution is 0.0947. The van der Waals surface area contributed by atoms with E-state index in [1.807, 2.05) is 0 Å². The average molecular weight is 339 g/mol. The lowest BCUT2D eigenvalue weighted by Gasteiger charge is -2.10. The number of carbonyl (C=O) groups is 1. The molecule has 0 saturated heterocycles. The summed E-state index contributed by atoms with van der Waals surface area (Å²) >= 11 is 9.06. The van der Waals surface area contributed by atoms with Crippen LogP contribution in [0.25, 0.3) is 0 Å². The Morgan fingerprint density at radius 2 is 2.33 bits per heavy atom. The van der Waals surface area contributed by atoms with E-state index in [1.54, 1.807) is 13.2 Å². The highest BCUT2D eigenvalue weighted by atomic mass is 79.9. The molecule has 1 atom stereocenters. The molecule has 1 aromatic carbocycles. The third-order valence-electron chi connectivity index (χ3n) is 2.28. The Morgan fingerprint density at radius 3 is 2.94 bits per heavy atom. The smallest absolute Gasteiger partial charge is 0.255 e. The van der Waals surface area contributed by atoms with Crippen molar-refractivity contribution in [3.05, 3.63) is 34.1 Å². The monoisotopic (exact) mass is 337 g/mol. The second-order valence-electron chi connectivity index (χ2n) is 3.69. The largest absolute Gasteiger partial charge is 0.383 e. The molecule has 1 amide bonds. The first kappa shape index (κ1) is 15.4. The minimum atomic E-state index is -0.554. The van der Waals surface area contributed by atoms with Crippen LogP contribution in [-0.2, 0) is 4.74 Å². The summed E-state index contributed by atoms with van der Waals surface area (Å²) < 4.78 is 18.8. The van der Waals surface area contributed by atoms with E-state index in [0.29, 0.717) is 24.0 Å². The SMILES string of the molecule is COCC(Cl)CCNC(=O)c1c(F)cccc1Br. The van der Waals surface area contributed by atoms with E-state index in [9.17, 15) is 9.18 Å². The normalized spacial score (nSPS) is 12.2. The van der Waals surface area contributed by atoms with Crippen molar-refractivity contribution in [3.63, 3.8) is 0 Å². The first-order valence-electron chi connectivity index (χ1n) is 5.41. The molecule has 1 rings (SSSR count). The lowest BCUT2D eigenvalue weighted by atomic mass is 10.2. The first-order valence-corrected chi connectivity index (χ1v) is 6.64. The van der Waals surface area contributed by atoms with Crippen LogP contribution in [0.1, 0.15) is 16.8 Å². The quantitative estimate of drug-likeness (QED) is 0.810. The van der Waals surface area contributed by atoms with Crippen LogP contribution in [-0.4, -0.2) is 31.5 Å². The van der Waals surface area contributed by atoms with E-state index < -0.39 is 11.7 Å². The molecule has 0 radical (unpaired) electrons. The van der Waals surface area contributed by atoms with Crippen LogP contribution in [0, 0.1) is 5.82 Å². The molecule has 1 N–H and O–H groups in total. The molecule has 100 valence electrons. The molecule has 0 aliphatic carbocycles. The molecule has 0 aliphatic rings. The number of hydrogen-bond donors (Lipinski definition) is 1. The van der Waals surface area contributed by atoms with Crippen molar-refractivity contribution < 1.29 is 13.9 Å². The molecule has 1 unspecified atom stereocenters. The average Bonchev–Trinajstić information content (AvgIpc) is 2.29. The number of rotatable bonds is 6. The second kappa shape index (κ2) is 7.71. The Balaban J connectivity index is 2.51. The molecular formula is C12H14BrClFNO2. The molecular weight excluding hydrogens is 324 g/mol. The van der Waals surface area contributed by atoms with Gasteiger partial charge in [0.15, 0.2) is 0 Å². The summed E-state index contributed by atoms with van der Waals surface area (Å²) in [5.41, 5.74) is 0.00960. The maximum Gasteiger partial charge on any atom is 0.255 e. The zero-order valence-corrected chi connectivity index (χ0v) is 12.2. The Morgan fingerprint density at radius 1 is 1.61 bits per heavy atom. The molecule has 0 fully saturated rings. The third kappa shape index (κ3) is 4.55. The molecule has 3 nitrogen and oxygen atoms in total. The predicted molar refractivity (Wildman–Crippen MR) is 72.6 cm³/mol. The van der Waals surface area contributed by atoms with Gasteiger partial charge in [0.05, 0.1) is 17.5 Å². The van der Waals surface area contributed by atoms with E-state index in [1.165, 1.54) is 12.1 Å². The minimum absolute atomic E-state index is 0.00960. The van der Waals surface area contributed by atoms with Gasteiger partial charge in [0.25, 0.3) is 5.91 Å². The van der Waals surface area contributed by atoms with Gasteiger partial charge in [-0.05, 0) is 34.5 Å². The van der Waals surface area contributed by atoms with Gasteiger partial charge < -0.3 is 10.1 Å². The Labute approximate surface area is 119 Å². The van der Waals surface area contributed by atoms with E-state index in [0.717, 1.165) is 0 Å². The molecule has 0 heterocycles. The van der Waals surface area contributed by atoms with Crippen molar-refractivity contribution in [2.75, 3.05) is 20.3 Å². The molecule has 6 heteroatoms. The number of ether oxygens (including phenoxy) is 1. The number of alkyl halides is 1. The van der Waals surface area contributed by atoms with Crippen LogP contribution in [0.2, 0.25) is 0 Å². The zero-order valence-electron chi connectivity index (χ0n) is 9.88. The summed E-state index contributed by atoms with van der Waals surface area (Å²) in [6, 6.07) is 4.39. The number of nitrogens with one attached hydrogen (secondary N) is 1. The molecule has 1 aromatic rings. The maximum absolute atomic E-state index is 13.5. The molecule has 18 heavy (non-hydrogen) atoms. The summed E-state index contributed by atoms with van der Waals surface area (Å²) in [4.78, 5) is 11.8. The number of carbonyl (C=O) groups excluding carboxylic acids is 1. The van der Waals surface area contributed by atoms with Crippen molar-refractivity contribution in [3.8, 4) is 0 Å². The van der Waals surface area contributed by atoms with Crippen LogP contribution < -0.4 is 5.32 Å². The van der Waals surface area contributed by atoms with Crippen LogP contribution >= 0.6 is 27.5 Å². The fraction of sp³-hybridized carbons (Fsp3) is 0.417. The predicted octanol–water partition coefficient (Wildman–Crippen LogP) is 2.96. The Hall–Kier alpha value is -0.650. The fourth-order valence-electron chi connectivity index (χ4n) is 1.41. The van der Waals surface area contributed by atoms with Crippen molar-refractivity contribution in [1.82, 2.24) is 5.32 Å². The number of halogens is 3. The van der Waals surface area contributed by atoms with Crippen molar-refractivity contribution in [2.24, 2.45) is 0 Å². The highest BCUT2D eigenvalue weighted by Crippen LogP contribution is 2.19. The van der Waals surface area contributed by atoms with Gasteiger partial charge >= 0.3 is 0 Å². The molecule has 0 aromatic heterocycles. The van der Waals surface area contributed by atoms with Gasteiger partial charge in [-0.1, -0.05) is 6.07 Å². The van der Waals surface area contributed by atoms with Crippen molar-refractivity contribution >= 4 is 33.4 Å². The van der Waals surface area contributed by atoms with Crippen LogP contribution in [0.4, 0.5) is 4.39 Å². The van der Waals surface area contributed by atoms with Gasteiger partial charge in [-0.15, -0.1) is 11.6 Å². The van der Waals surface area contributed by atoms with Crippen molar-refractivity contribution in [2.45, 2.75) is 11.8 Å². The number of hydrogen-bond acceptors (Lipinski definition) is 2. The van der Waals surface area contributed by atoms with E-state index >= 15 is 0 Å². The molecule has 0 bridgehead atoms. The first-order chi connectivity index (χ1) is 8.56. The van der Waals surface area contributed by atoms with Crippen LogP contribution in [0.5, 0.6) is 0 Å². The standard InChI is InChI=1S/C12H14BrClFNO2/c1-18-7-8(14)5-6-16-12(17)11-9(13)3-2-4-10(11)15/h2-4,8H,5-7H2,1H3,(H,16,17). The van der Waals surface area contributed by atoms with Gasteiger partial charge in [0.1, 0.15) is 5.82 Å².